The SMILES string of the molecule is COc1cc(-c2nc(C)c(CNC3CC3)c(C)n2)ncn1. The second kappa shape index (κ2) is 5.73. The number of nitrogens with one attached hydrogen (secondary N) is 1. The molecule has 1 N–H and O–H groups in total. The molecule has 6 heteroatoms. The Balaban J connectivity index is 1.89. The van der Waals surface area contributed by atoms with Crippen molar-refractivity contribution in [2.45, 2.75) is 39.3 Å². The molecule has 2 aromatic heterocycles. The average Bonchev–Trinajstić information content (AvgIpc) is 3.30. The molecule has 0 bridgehead atoms. The van der Waals surface area contributed by atoms with Crippen molar-refractivity contribution >= 4 is 0 Å². The molecule has 0 radical (unpaired) electrons. The molecule has 0 saturated heterocycles. The summed E-state index contributed by atoms with van der Waals surface area (Å²) in [6.07, 6.45) is 4.01. The summed E-state index contributed by atoms with van der Waals surface area (Å²) in [6, 6.07) is 2.42. The summed E-state index contributed by atoms with van der Waals surface area (Å²) >= 11 is 0. The summed E-state index contributed by atoms with van der Waals surface area (Å²) in [5.41, 5.74) is 3.83. The number of hydrogen-bond acceptors (Lipinski definition) is 6. The van der Waals surface area contributed by atoms with Gasteiger partial charge >= 0.3 is 0 Å². The third kappa shape index (κ3) is 3.16. The third-order valence-corrected chi connectivity index (χ3v) is 3.65. The van der Waals surface area contributed by atoms with Gasteiger partial charge in [-0.15, -0.1) is 0 Å². The first-order chi connectivity index (χ1) is 10.2. The highest BCUT2D eigenvalue weighted by Crippen LogP contribution is 2.22. The molecule has 0 atom stereocenters. The number of rotatable bonds is 5. The van der Waals surface area contributed by atoms with E-state index in [4.69, 9.17) is 4.74 Å². The Morgan fingerprint density at radius 2 is 1.90 bits per heavy atom. The maximum atomic E-state index is 5.12. The lowest BCUT2D eigenvalue weighted by atomic mass is 10.1. The number of aryl methyl sites for hydroxylation is 2. The quantitative estimate of drug-likeness (QED) is 0.903. The van der Waals surface area contributed by atoms with Gasteiger partial charge in [0, 0.05) is 35.6 Å². The topological polar surface area (TPSA) is 72.8 Å². The molecule has 0 aliphatic heterocycles. The van der Waals surface area contributed by atoms with Crippen molar-refractivity contribution in [1.82, 2.24) is 25.3 Å². The highest BCUT2D eigenvalue weighted by Gasteiger charge is 2.21. The van der Waals surface area contributed by atoms with Gasteiger partial charge in [-0.05, 0) is 26.7 Å². The summed E-state index contributed by atoms with van der Waals surface area (Å²) in [5.74, 6) is 1.12. The van der Waals surface area contributed by atoms with Gasteiger partial charge in [0.2, 0.25) is 5.88 Å². The molecule has 1 aliphatic carbocycles. The van der Waals surface area contributed by atoms with Gasteiger partial charge < -0.3 is 10.1 Å². The fourth-order valence-electron chi connectivity index (χ4n) is 2.22. The Morgan fingerprint density at radius 1 is 1.19 bits per heavy atom. The van der Waals surface area contributed by atoms with Crippen LogP contribution in [-0.2, 0) is 6.54 Å². The minimum Gasteiger partial charge on any atom is -0.481 e. The van der Waals surface area contributed by atoms with Crippen molar-refractivity contribution < 1.29 is 4.74 Å². The Bertz CT molecular complexity index is 631. The van der Waals surface area contributed by atoms with E-state index in [9.17, 15) is 0 Å². The Hall–Kier alpha value is -2.08. The Kier molecular flexibility index (Phi) is 3.79. The summed E-state index contributed by atoms with van der Waals surface area (Å²) in [5, 5.41) is 3.51. The van der Waals surface area contributed by atoms with Crippen LogP contribution < -0.4 is 10.1 Å². The van der Waals surface area contributed by atoms with Crippen LogP contribution in [0, 0.1) is 13.8 Å². The van der Waals surface area contributed by atoms with Gasteiger partial charge in [-0.2, -0.15) is 0 Å². The first-order valence-corrected chi connectivity index (χ1v) is 7.11. The summed E-state index contributed by atoms with van der Waals surface area (Å²) in [7, 11) is 1.58. The van der Waals surface area contributed by atoms with E-state index in [1.165, 1.54) is 24.7 Å². The maximum absolute atomic E-state index is 5.12. The van der Waals surface area contributed by atoms with Crippen molar-refractivity contribution in [2.75, 3.05) is 7.11 Å². The highest BCUT2D eigenvalue weighted by atomic mass is 16.5. The van der Waals surface area contributed by atoms with Gasteiger partial charge in [-0.25, -0.2) is 19.9 Å². The van der Waals surface area contributed by atoms with Gasteiger partial charge in [-0.1, -0.05) is 0 Å². The lowest BCUT2D eigenvalue weighted by Crippen LogP contribution is -2.18. The van der Waals surface area contributed by atoms with Crippen LogP contribution in [0.2, 0.25) is 0 Å². The maximum Gasteiger partial charge on any atom is 0.216 e. The van der Waals surface area contributed by atoms with E-state index in [1.807, 2.05) is 13.8 Å². The van der Waals surface area contributed by atoms with E-state index >= 15 is 0 Å². The number of aromatic nitrogens is 4. The lowest BCUT2D eigenvalue weighted by molar-refractivity contribution is 0.397. The molecule has 2 heterocycles. The molecule has 1 saturated carbocycles. The van der Waals surface area contributed by atoms with Crippen LogP contribution in [0.15, 0.2) is 12.4 Å². The summed E-state index contributed by atoms with van der Waals surface area (Å²) in [6.45, 7) is 4.86. The molecule has 2 aromatic rings. The average molecular weight is 285 g/mol. The number of ether oxygens (including phenoxy) is 1. The van der Waals surface area contributed by atoms with Gasteiger partial charge in [0.15, 0.2) is 5.82 Å². The molecule has 6 nitrogen and oxygen atoms in total. The third-order valence-electron chi connectivity index (χ3n) is 3.65. The van der Waals surface area contributed by atoms with E-state index in [2.05, 4.69) is 25.3 Å². The van der Waals surface area contributed by atoms with Gasteiger partial charge in [0.25, 0.3) is 0 Å². The van der Waals surface area contributed by atoms with Crippen molar-refractivity contribution in [3.8, 4) is 17.4 Å². The molecule has 3 rings (SSSR count). The standard InChI is InChI=1S/C15H19N5O/c1-9-12(7-16-11-4-5-11)10(2)20-15(19-9)13-6-14(21-3)18-8-17-13/h6,8,11,16H,4-5,7H2,1-3H3. The first-order valence-electron chi connectivity index (χ1n) is 7.11. The van der Waals surface area contributed by atoms with Crippen molar-refractivity contribution in [3.63, 3.8) is 0 Å². The zero-order valence-corrected chi connectivity index (χ0v) is 12.6. The van der Waals surface area contributed by atoms with E-state index < -0.39 is 0 Å². The smallest absolute Gasteiger partial charge is 0.216 e. The molecule has 1 fully saturated rings. The van der Waals surface area contributed by atoms with Crippen molar-refractivity contribution in [1.29, 1.82) is 0 Å². The molecule has 110 valence electrons. The first kappa shape index (κ1) is 13.9. The predicted octanol–water partition coefficient (Wildman–Crippen LogP) is 1.81. The van der Waals surface area contributed by atoms with Crippen LogP contribution in [-0.4, -0.2) is 33.1 Å². The highest BCUT2D eigenvalue weighted by molar-refractivity contribution is 5.51. The van der Waals surface area contributed by atoms with Crippen LogP contribution in [0.1, 0.15) is 29.8 Å². The van der Waals surface area contributed by atoms with Crippen LogP contribution in [0.25, 0.3) is 11.5 Å². The fraction of sp³-hybridized carbons (Fsp3) is 0.467. The normalized spacial score (nSPS) is 14.2. The Morgan fingerprint density at radius 3 is 2.52 bits per heavy atom. The van der Waals surface area contributed by atoms with Gasteiger partial charge in [-0.3, -0.25) is 0 Å². The molecule has 21 heavy (non-hydrogen) atoms. The minimum atomic E-state index is 0.512. The van der Waals surface area contributed by atoms with Crippen LogP contribution >= 0.6 is 0 Å². The zero-order valence-electron chi connectivity index (χ0n) is 12.6. The molecular weight excluding hydrogens is 266 g/mol. The number of hydrogen-bond donors (Lipinski definition) is 1. The molecule has 0 unspecified atom stereocenters. The van der Waals surface area contributed by atoms with Gasteiger partial charge in [0.1, 0.15) is 12.0 Å². The van der Waals surface area contributed by atoms with E-state index in [0.29, 0.717) is 23.4 Å². The van der Waals surface area contributed by atoms with Crippen LogP contribution in [0.3, 0.4) is 0 Å². The largest absolute Gasteiger partial charge is 0.481 e. The van der Waals surface area contributed by atoms with E-state index in [0.717, 1.165) is 17.9 Å². The van der Waals surface area contributed by atoms with Crippen molar-refractivity contribution in [2.24, 2.45) is 0 Å². The zero-order chi connectivity index (χ0) is 14.8. The van der Waals surface area contributed by atoms with Crippen LogP contribution in [0.4, 0.5) is 0 Å². The Labute approximate surface area is 124 Å². The molecular formula is C15H19N5O. The summed E-state index contributed by atoms with van der Waals surface area (Å²) < 4.78 is 5.12. The van der Waals surface area contributed by atoms with Gasteiger partial charge in [0.05, 0.1) is 7.11 Å². The van der Waals surface area contributed by atoms with E-state index in [1.54, 1.807) is 13.2 Å². The number of methoxy groups -OCH3 is 1. The fourth-order valence-corrected chi connectivity index (χ4v) is 2.22. The second-order valence-electron chi connectivity index (χ2n) is 5.30. The molecule has 1 aliphatic rings. The minimum absolute atomic E-state index is 0.512. The molecule has 0 amide bonds. The van der Waals surface area contributed by atoms with E-state index in [-0.39, 0.29) is 0 Å². The lowest BCUT2D eigenvalue weighted by Gasteiger charge is -2.11. The monoisotopic (exact) mass is 285 g/mol. The summed E-state index contributed by atoms with van der Waals surface area (Å²) in [4.78, 5) is 17.4. The predicted molar refractivity (Wildman–Crippen MR) is 78.9 cm³/mol. The van der Waals surface area contributed by atoms with Crippen LogP contribution in [0.5, 0.6) is 5.88 Å². The second-order valence-corrected chi connectivity index (χ2v) is 5.30. The van der Waals surface area contributed by atoms with Crippen molar-refractivity contribution in [3.05, 3.63) is 29.3 Å². The molecule has 0 spiro atoms. The number of nitrogens with zero attached hydrogens (tertiary/aromatic N) is 4. The molecule has 0 aromatic carbocycles.